The predicted molar refractivity (Wildman–Crippen MR) is 88.1 cm³/mol. The number of carbonyl (C=O) groups is 3. The van der Waals surface area contributed by atoms with Crippen LogP contribution in [-0.2, 0) is 14.4 Å². The summed E-state index contributed by atoms with van der Waals surface area (Å²) in [5.74, 6) is -0.155. The van der Waals surface area contributed by atoms with Gasteiger partial charge in [0.25, 0.3) is 0 Å². The highest BCUT2D eigenvalue weighted by Crippen LogP contribution is 1.98. The van der Waals surface area contributed by atoms with Gasteiger partial charge in [-0.05, 0) is 25.8 Å². The Hall–Kier alpha value is -1.65. The Morgan fingerprint density at radius 3 is 2.14 bits per heavy atom. The second-order valence-electron chi connectivity index (χ2n) is 3.67. The monoisotopic (exact) mass is 300 g/mol. The maximum atomic E-state index is 11.3. The van der Waals surface area contributed by atoms with Crippen LogP contribution < -0.4 is 5.32 Å². The largest absolute Gasteiger partial charge is 0.356 e. The lowest BCUT2D eigenvalue weighted by Gasteiger charge is -2.14. The molecule has 124 valence electrons. The van der Waals surface area contributed by atoms with E-state index in [0.717, 1.165) is 12.8 Å². The van der Waals surface area contributed by atoms with E-state index in [1.807, 2.05) is 34.6 Å². The van der Waals surface area contributed by atoms with Crippen molar-refractivity contribution in [2.75, 3.05) is 20.1 Å². The van der Waals surface area contributed by atoms with E-state index in [4.69, 9.17) is 0 Å². The standard InChI is InChI=1S/C12H20N2O3.2C2H6/c1-3-13-11(16)7-4-5-9-14(2)12(17)8-6-10-15;2*1-2/h6,8,10H,3-5,7,9H2,1-2H3,(H,13,16);2*1-2H3/b8-6-;;. The molecule has 0 aliphatic heterocycles. The number of hydrogen-bond acceptors (Lipinski definition) is 3. The van der Waals surface area contributed by atoms with Crippen LogP contribution in [0.2, 0.25) is 0 Å². The minimum Gasteiger partial charge on any atom is -0.356 e. The number of rotatable bonds is 8. The van der Waals surface area contributed by atoms with Gasteiger partial charge < -0.3 is 10.2 Å². The number of nitrogens with one attached hydrogen (secondary N) is 1. The molecule has 0 fully saturated rings. The number of aldehydes is 1. The topological polar surface area (TPSA) is 66.5 Å². The van der Waals surface area contributed by atoms with Crippen molar-refractivity contribution in [1.82, 2.24) is 10.2 Å². The van der Waals surface area contributed by atoms with Crippen LogP contribution in [0.5, 0.6) is 0 Å². The van der Waals surface area contributed by atoms with Crippen molar-refractivity contribution in [3.05, 3.63) is 12.2 Å². The van der Waals surface area contributed by atoms with E-state index in [2.05, 4.69) is 5.32 Å². The van der Waals surface area contributed by atoms with Gasteiger partial charge >= 0.3 is 0 Å². The number of likely N-dealkylation sites (N-methyl/N-ethyl adjacent to an activating group) is 1. The van der Waals surface area contributed by atoms with Gasteiger partial charge in [-0.1, -0.05) is 27.7 Å². The minimum atomic E-state index is -0.199. The highest BCUT2D eigenvalue weighted by molar-refractivity contribution is 5.90. The summed E-state index contributed by atoms with van der Waals surface area (Å²) >= 11 is 0. The van der Waals surface area contributed by atoms with E-state index >= 15 is 0 Å². The van der Waals surface area contributed by atoms with Gasteiger partial charge in [0, 0.05) is 32.6 Å². The smallest absolute Gasteiger partial charge is 0.246 e. The fourth-order valence-corrected chi connectivity index (χ4v) is 1.28. The molecule has 0 rings (SSSR count). The van der Waals surface area contributed by atoms with Crippen molar-refractivity contribution in [2.24, 2.45) is 0 Å². The molecule has 0 spiro atoms. The first-order valence-corrected chi connectivity index (χ1v) is 7.75. The SMILES string of the molecule is CC.CC.CCNC(=O)CCCCN(C)C(=O)/C=C\C=O. The third-order valence-corrected chi connectivity index (χ3v) is 2.21. The highest BCUT2D eigenvalue weighted by atomic mass is 16.2. The zero-order valence-corrected chi connectivity index (χ0v) is 14.4. The molecule has 0 saturated heterocycles. The molecule has 5 nitrogen and oxygen atoms in total. The molecule has 0 aromatic carbocycles. The van der Waals surface area contributed by atoms with Crippen LogP contribution in [0, 0.1) is 0 Å². The Morgan fingerprint density at radius 2 is 1.67 bits per heavy atom. The van der Waals surface area contributed by atoms with Gasteiger partial charge in [-0.2, -0.15) is 0 Å². The first-order chi connectivity index (χ1) is 10.1. The lowest BCUT2D eigenvalue weighted by molar-refractivity contribution is -0.125. The van der Waals surface area contributed by atoms with E-state index in [1.54, 1.807) is 7.05 Å². The van der Waals surface area contributed by atoms with Crippen LogP contribution in [0.4, 0.5) is 0 Å². The average Bonchev–Trinajstić information content (AvgIpc) is 2.53. The maximum absolute atomic E-state index is 11.3. The highest BCUT2D eigenvalue weighted by Gasteiger charge is 2.04. The van der Waals surface area contributed by atoms with Crippen LogP contribution in [0.25, 0.3) is 0 Å². The number of nitrogens with zero attached hydrogens (tertiary/aromatic N) is 1. The van der Waals surface area contributed by atoms with Crippen molar-refractivity contribution in [2.45, 2.75) is 53.9 Å². The molecule has 0 unspecified atom stereocenters. The molecule has 0 aromatic heterocycles. The molecule has 0 aromatic rings. The van der Waals surface area contributed by atoms with Gasteiger partial charge in [0.05, 0.1) is 0 Å². The Kier molecular flexibility index (Phi) is 24.0. The second-order valence-corrected chi connectivity index (χ2v) is 3.67. The fraction of sp³-hybridized carbons (Fsp3) is 0.688. The number of carbonyl (C=O) groups excluding carboxylic acids is 3. The van der Waals surface area contributed by atoms with Crippen molar-refractivity contribution in [1.29, 1.82) is 0 Å². The van der Waals surface area contributed by atoms with Crippen molar-refractivity contribution >= 4 is 18.1 Å². The maximum Gasteiger partial charge on any atom is 0.246 e. The first kappa shape index (κ1) is 24.4. The molecule has 0 bridgehead atoms. The summed E-state index contributed by atoms with van der Waals surface area (Å²) in [5, 5.41) is 2.71. The molecule has 0 aliphatic rings. The Labute approximate surface area is 129 Å². The van der Waals surface area contributed by atoms with Crippen LogP contribution in [0.1, 0.15) is 53.9 Å². The van der Waals surface area contributed by atoms with Gasteiger partial charge in [0.2, 0.25) is 11.8 Å². The summed E-state index contributed by atoms with van der Waals surface area (Å²) in [4.78, 5) is 34.0. The zero-order valence-electron chi connectivity index (χ0n) is 14.4. The van der Waals surface area contributed by atoms with Crippen molar-refractivity contribution in [3.8, 4) is 0 Å². The molecule has 0 aliphatic carbocycles. The number of amides is 2. The minimum absolute atomic E-state index is 0.0438. The molecule has 1 N–H and O–H groups in total. The van der Waals surface area contributed by atoms with Gasteiger partial charge in [-0.3, -0.25) is 14.4 Å². The van der Waals surface area contributed by atoms with Crippen molar-refractivity contribution < 1.29 is 14.4 Å². The van der Waals surface area contributed by atoms with Crippen LogP contribution in [0.3, 0.4) is 0 Å². The first-order valence-electron chi connectivity index (χ1n) is 7.75. The molecule has 21 heavy (non-hydrogen) atoms. The lowest BCUT2D eigenvalue weighted by atomic mass is 10.2. The average molecular weight is 300 g/mol. The summed E-state index contributed by atoms with van der Waals surface area (Å²) in [6.07, 6.45) is 4.99. The fourth-order valence-electron chi connectivity index (χ4n) is 1.28. The molecule has 0 heterocycles. The molecule has 0 saturated carbocycles. The zero-order chi connectivity index (χ0) is 17.1. The summed E-state index contributed by atoms with van der Waals surface area (Å²) < 4.78 is 0. The lowest BCUT2D eigenvalue weighted by Crippen LogP contribution is -2.26. The Balaban J connectivity index is -0.000000739. The van der Waals surface area contributed by atoms with E-state index in [9.17, 15) is 14.4 Å². The quantitative estimate of drug-likeness (QED) is 0.425. The summed E-state index contributed by atoms with van der Waals surface area (Å²) in [6, 6.07) is 0. The van der Waals surface area contributed by atoms with Crippen molar-refractivity contribution in [3.63, 3.8) is 0 Å². The van der Waals surface area contributed by atoms with E-state index < -0.39 is 0 Å². The summed E-state index contributed by atoms with van der Waals surface area (Å²) in [7, 11) is 1.67. The third kappa shape index (κ3) is 18.4. The third-order valence-electron chi connectivity index (χ3n) is 2.21. The van der Waals surface area contributed by atoms with Gasteiger partial charge in [-0.15, -0.1) is 0 Å². The molecule has 2 amide bonds. The van der Waals surface area contributed by atoms with Crippen LogP contribution in [-0.4, -0.2) is 43.1 Å². The Morgan fingerprint density at radius 1 is 1.10 bits per heavy atom. The van der Waals surface area contributed by atoms with E-state index in [0.29, 0.717) is 25.8 Å². The van der Waals surface area contributed by atoms with Gasteiger partial charge in [0.1, 0.15) is 6.29 Å². The normalized spacial score (nSPS) is 8.86. The summed E-state index contributed by atoms with van der Waals surface area (Å²) in [5.41, 5.74) is 0. The van der Waals surface area contributed by atoms with Gasteiger partial charge in [0.15, 0.2) is 0 Å². The van der Waals surface area contributed by atoms with Crippen LogP contribution >= 0.6 is 0 Å². The van der Waals surface area contributed by atoms with E-state index in [1.165, 1.54) is 17.1 Å². The van der Waals surface area contributed by atoms with Crippen LogP contribution in [0.15, 0.2) is 12.2 Å². The number of hydrogen-bond donors (Lipinski definition) is 1. The molecule has 5 heteroatoms. The number of allylic oxidation sites excluding steroid dienone is 1. The molecular weight excluding hydrogens is 268 g/mol. The predicted octanol–water partition coefficient (Wildman–Crippen LogP) is 2.56. The Bertz CT molecular complexity index is 289. The second kappa shape index (κ2) is 20.7. The molecular formula is C16H32N2O3. The van der Waals surface area contributed by atoms with E-state index in [-0.39, 0.29) is 11.8 Å². The molecule has 0 radical (unpaired) electrons. The summed E-state index contributed by atoms with van der Waals surface area (Å²) in [6.45, 7) is 11.1. The molecule has 0 atom stereocenters. The van der Waals surface area contributed by atoms with Gasteiger partial charge in [-0.25, -0.2) is 0 Å². The number of unbranched alkanes of at least 4 members (excludes halogenated alkanes) is 1.